The highest BCUT2D eigenvalue weighted by atomic mass is 19.4. The lowest BCUT2D eigenvalue weighted by molar-refractivity contribution is -0.149. The van der Waals surface area contributed by atoms with Crippen LogP contribution in [-0.2, 0) is 4.79 Å². The normalized spacial score (nSPS) is 17.4. The smallest absolute Gasteiger partial charge is 0.406 e. The van der Waals surface area contributed by atoms with E-state index in [-0.39, 0.29) is 0 Å². The van der Waals surface area contributed by atoms with Crippen molar-refractivity contribution in [3.8, 4) is 0 Å². The third-order valence-electron chi connectivity index (χ3n) is 3.02. The van der Waals surface area contributed by atoms with E-state index < -0.39 is 31.3 Å². The van der Waals surface area contributed by atoms with Gasteiger partial charge < -0.3 is 14.9 Å². The summed E-state index contributed by atoms with van der Waals surface area (Å²) in [6.45, 7) is 0.267. The molecular weight excluding hydrogens is 265 g/mol. The highest BCUT2D eigenvalue weighted by molar-refractivity contribution is 5.80. The molecule has 1 aliphatic rings. The number of hydrogen-bond acceptors (Lipinski definition) is 2. The van der Waals surface area contributed by atoms with Crippen LogP contribution in [0, 0.1) is 5.92 Å². The highest BCUT2D eigenvalue weighted by Gasteiger charge is 2.36. The molecule has 0 spiro atoms. The van der Waals surface area contributed by atoms with Gasteiger partial charge >= 0.3 is 18.2 Å². The summed E-state index contributed by atoms with van der Waals surface area (Å²) >= 11 is 0. The quantitative estimate of drug-likeness (QED) is 0.858. The van der Waals surface area contributed by atoms with Crippen LogP contribution in [0.5, 0.6) is 0 Å². The number of piperidine rings is 1. The molecule has 8 heteroatoms. The molecule has 0 bridgehead atoms. The van der Waals surface area contributed by atoms with E-state index in [2.05, 4.69) is 0 Å². The molecule has 2 amide bonds. The van der Waals surface area contributed by atoms with Gasteiger partial charge in [-0.1, -0.05) is 6.92 Å². The Balaban J connectivity index is 2.68. The molecular formula is C11H17F3N2O3. The predicted molar refractivity (Wildman–Crippen MR) is 60.6 cm³/mol. The van der Waals surface area contributed by atoms with E-state index in [1.807, 2.05) is 6.92 Å². The van der Waals surface area contributed by atoms with Gasteiger partial charge in [0.1, 0.15) is 13.1 Å². The topological polar surface area (TPSA) is 60.9 Å². The fourth-order valence-electron chi connectivity index (χ4n) is 1.97. The van der Waals surface area contributed by atoms with Crippen molar-refractivity contribution in [3.63, 3.8) is 0 Å². The van der Waals surface area contributed by atoms with Crippen molar-refractivity contribution in [2.45, 2.75) is 25.9 Å². The van der Waals surface area contributed by atoms with Crippen LogP contribution in [0.3, 0.4) is 0 Å². The molecule has 0 unspecified atom stereocenters. The maximum absolute atomic E-state index is 12.3. The SMILES string of the molecule is CC1CCN(C(=O)N(CC(=O)O)CC(F)(F)F)CC1. The average Bonchev–Trinajstić information content (AvgIpc) is 2.25. The number of aliphatic carboxylic acids is 1. The van der Waals surface area contributed by atoms with Crippen LogP contribution >= 0.6 is 0 Å². The molecule has 1 aliphatic heterocycles. The van der Waals surface area contributed by atoms with E-state index in [0.29, 0.717) is 23.9 Å². The summed E-state index contributed by atoms with van der Waals surface area (Å²) < 4.78 is 37.0. The first-order valence-electron chi connectivity index (χ1n) is 6.01. The molecule has 1 rings (SSSR count). The van der Waals surface area contributed by atoms with Crippen LogP contribution in [0.4, 0.5) is 18.0 Å². The molecule has 1 N–H and O–H groups in total. The zero-order chi connectivity index (χ0) is 14.6. The summed E-state index contributed by atoms with van der Waals surface area (Å²) in [5.41, 5.74) is 0. The summed E-state index contributed by atoms with van der Waals surface area (Å²) in [7, 11) is 0. The number of carbonyl (C=O) groups excluding carboxylic acids is 1. The van der Waals surface area contributed by atoms with Gasteiger partial charge in [0.05, 0.1) is 0 Å². The van der Waals surface area contributed by atoms with Gasteiger partial charge in [-0.3, -0.25) is 4.79 Å². The fraction of sp³-hybridized carbons (Fsp3) is 0.818. The molecule has 1 fully saturated rings. The fourth-order valence-corrected chi connectivity index (χ4v) is 1.97. The van der Waals surface area contributed by atoms with E-state index in [9.17, 15) is 22.8 Å². The van der Waals surface area contributed by atoms with Gasteiger partial charge in [-0.25, -0.2) is 4.79 Å². The van der Waals surface area contributed by atoms with Gasteiger partial charge in [-0.15, -0.1) is 0 Å². The van der Waals surface area contributed by atoms with Crippen LogP contribution in [0.2, 0.25) is 0 Å². The van der Waals surface area contributed by atoms with E-state index in [1.54, 1.807) is 0 Å². The number of urea groups is 1. The lowest BCUT2D eigenvalue weighted by Gasteiger charge is -2.34. The Morgan fingerprint density at radius 3 is 2.26 bits per heavy atom. The molecule has 0 aromatic rings. The number of nitrogens with zero attached hydrogens (tertiary/aromatic N) is 2. The maximum Gasteiger partial charge on any atom is 0.406 e. The molecule has 0 aliphatic carbocycles. The van der Waals surface area contributed by atoms with E-state index in [4.69, 9.17) is 5.11 Å². The third-order valence-corrected chi connectivity index (χ3v) is 3.02. The Kier molecular flexibility index (Phi) is 5.02. The molecule has 0 aromatic carbocycles. The van der Waals surface area contributed by atoms with Crippen LogP contribution in [0.1, 0.15) is 19.8 Å². The number of carboxylic acid groups (broad SMARTS) is 1. The summed E-state index contributed by atoms with van der Waals surface area (Å²) in [5, 5.41) is 8.59. The van der Waals surface area contributed by atoms with E-state index in [0.717, 1.165) is 12.8 Å². The Labute approximate surface area is 109 Å². The van der Waals surface area contributed by atoms with Crippen molar-refractivity contribution >= 4 is 12.0 Å². The van der Waals surface area contributed by atoms with E-state index in [1.165, 1.54) is 4.90 Å². The van der Waals surface area contributed by atoms with Gasteiger partial charge in [0.25, 0.3) is 0 Å². The third kappa shape index (κ3) is 5.35. The standard InChI is InChI=1S/C11H17F3N2O3/c1-8-2-4-15(5-3-8)10(19)16(6-9(17)18)7-11(12,13)14/h8H,2-7H2,1H3,(H,17,18). The molecule has 110 valence electrons. The van der Waals surface area contributed by atoms with Crippen LogP contribution in [0.15, 0.2) is 0 Å². The summed E-state index contributed by atoms with van der Waals surface area (Å²) in [4.78, 5) is 24.1. The molecule has 0 aromatic heterocycles. The second kappa shape index (κ2) is 6.12. The zero-order valence-electron chi connectivity index (χ0n) is 10.6. The zero-order valence-corrected chi connectivity index (χ0v) is 10.6. The first kappa shape index (κ1) is 15.6. The van der Waals surface area contributed by atoms with Crippen LogP contribution in [-0.4, -0.2) is 59.3 Å². The minimum atomic E-state index is -4.60. The van der Waals surface area contributed by atoms with Crippen molar-refractivity contribution in [1.29, 1.82) is 0 Å². The lowest BCUT2D eigenvalue weighted by Crippen LogP contribution is -2.50. The largest absolute Gasteiger partial charge is 0.480 e. The van der Waals surface area contributed by atoms with Gasteiger partial charge in [-0.2, -0.15) is 13.2 Å². The Bertz CT molecular complexity index is 339. The summed E-state index contributed by atoms with van der Waals surface area (Å²) in [6.07, 6.45) is -3.16. The van der Waals surface area contributed by atoms with Crippen molar-refractivity contribution in [1.82, 2.24) is 9.80 Å². The van der Waals surface area contributed by atoms with Crippen LogP contribution < -0.4 is 0 Å². The van der Waals surface area contributed by atoms with Crippen molar-refractivity contribution in [2.24, 2.45) is 5.92 Å². The average molecular weight is 282 g/mol. The van der Waals surface area contributed by atoms with Crippen molar-refractivity contribution in [2.75, 3.05) is 26.2 Å². The number of likely N-dealkylation sites (tertiary alicyclic amines) is 1. The lowest BCUT2D eigenvalue weighted by atomic mass is 9.99. The Hall–Kier alpha value is -1.47. The van der Waals surface area contributed by atoms with Crippen molar-refractivity contribution < 1.29 is 27.9 Å². The molecule has 0 atom stereocenters. The second-order valence-electron chi connectivity index (χ2n) is 4.82. The number of amides is 2. The maximum atomic E-state index is 12.3. The summed E-state index contributed by atoms with van der Waals surface area (Å²) in [6, 6.07) is -0.855. The molecule has 19 heavy (non-hydrogen) atoms. The minimum absolute atomic E-state index is 0.332. The Morgan fingerprint density at radius 2 is 1.84 bits per heavy atom. The first-order chi connectivity index (χ1) is 8.69. The van der Waals surface area contributed by atoms with Gasteiger partial charge in [-0.05, 0) is 18.8 Å². The minimum Gasteiger partial charge on any atom is -0.480 e. The molecule has 1 saturated heterocycles. The molecule has 0 radical (unpaired) electrons. The summed E-state index contributed by atoms with van der Waals surface area (Å²) in [5.74, 6) is -1.03. The Morgan fingerprint density at radius 1 is 1.32 bits per heavy atom. The van der Waals surface area contributed by atoms with Crippen LogP contribution in [0.25, 0.3) is 0 Å². The number of alkyl halides is 3. The number of halogens is 3. The second-order valence-corrected chi connectivity index (χ2v) is 4.82. The van der Waals surface area contributed by atoms with E-state index >= 15 is 0 Å². The number of hydrogen-bond donors (Lipinski definition) is 1. The number of rotatable bonds is 3. The van der Waals surface area contributed by atoms with Gasteiger partial charge in [0.15, 0.2) is 0 Å². The molecule has 5 nitrogen and oxygen atoms in total. The van der Waals surface area contributed by atoms with Gasteiger partial charge in [0.2, 0.25) is 0 Å². The number of carboxylic acids is 1. The number of carbonyl (C=O) groups is 2. The first-order valence-corrected chi connectivity index (χ1v) is 6.01. The molecule has 0 saturated carbocycles. The predicted octanol–water partition coefficient (Wildman–Crippen LogP) is 1.79. The highest BCUT2D eigenvalue weighted by Crippen LogP contribution is 2.20. The molecule has 1 heterocycles. The van der Waals surface area contributed by atoms with Gasteiger partial charge in [0, 0.05) is 13.1 Å². The monoisotopic (exact) mass is 282 g/mol. The van der Waals surface area contributed by atoms with Crippen molar-refractivity contribution in [3.05, 3.63) is 0 Å².